The van der Waals surface area contributed by atoms with Gasteiger partial charge in [-0.25, -0.2) is 8.78 Å². The smallest absolute Gasteiger partial charge is 0.126 e. The number of nitrogens with one attached hydrogen (secondary N) is 1. The first-order chi connectivity index (χ1) is 9.69. The van der Waals surface area contributed by atoms with Gasteiger partial charge in [0, 0.05) is 18.7 Å². The van der Waals surface area contributed by atoms with Crippen LogP contribution in [0.3, 0.4) is 0 Å². The summed E-state index contributed by atoms with van der Waals surface area (Å²) in [5.74, 6) is -1.03. The van der Waals surface area contributed by atoms with E-state index in [4.69, 9.17) is 4.74 Å². The number of rotatable bonds is 7. The third kappa shape index (κ3) is 4.53. The highest BCUT2D eigenvalue weighted by Gasteiger charge is 2.19. The van der Waals surface area contributed by atoms with Crippen LogP contribution in [0.25, 0.3) is 0 Å². The Labute approximate surface area is 119 Å². The topological polar surface area (TPSA) is 21.3 Å². The molecule has 4 heteroatoms. The van der Waals surface area contributed by atoms with Gasteiger partial charge in [-0.05, 0) is 56.3 Å². The molecule has 1 saturated heterocycles. The van der Waals surface area contributed by atoms with Crippen LogP contribution in [-0.4, -0.2) is 19.3 Å². The maximum absolute atomic E-state index is 13.4. The Hall–Kier alpha value is -1.00. The Morgan fingerprint density at radius 2 is 2.05 bits per heavy atom. The third-order valence-electron chi connectivity index (χ3n) is 3.73. The maximum atomic E-state index is 13.4. The van der Waals surface area contributed by atoms with Gasteiger partial charge in [-0.1, -0.05) is 6.92 Å². The zero-order chi connectivity index (χ0) is 14.4. The summed E-state index contributed by atoms with van der Waals surface area (Å²) >= 11 is 0. The van der Waals surface area contributed by atoms with Gasteiger partial charge in [0.05, 0.1) is 6.10 Å². The van der Waals surface area contributed by atoms with Crippen LogP contribution >= 0.6 is 0 Å². The molecule has 20 heavy (non-hydrogen) atoms. The Morgan fingerprint density at radius 1 is 1.30 bits per heavy atom. The Kier molecular flexibility index (Phi) is 5.92. The summed E-state index contributed by atoms with van der Waals surface area (Å²) < 4.78 is 32.3. The summed E-state index contributed by atoms with van der Waals surface area (Å²) in [5, 5.41) is 3.38. The van der Waals surface area contributed by atoms with Crippen molar-refractivity contribution < 1.29 is 13.5 Å². The van der Waals surface area contributed by atoms with Gasteiger partial charge in [0.2, 0.25) is 0 Å². The SMILES string of the molecule is CCCNC(CCC1CCCO1)c1cc(F)cc(F)c1. The summed E-state index contributed by atoms with van der Waals surface area (Å²) in [6.07, 6.45) is 5.28. The minimum Gasteiger partial charge on any atom is -0.378 e. The van der Waals surface area contributed by atoms with E-state index in [1.807, 2.05) is 0 Å². The van der Waals surface area contributed by atoms with Crippen molar-refractivity contribution in [2.45, 2.75) is 51.2 Å². The molecule has 2 atom stereocenters. The highest BCUT2D eigenvalue weighted by molar-refractivity contribution is 5.21. The van der Waals surface area contributed by atoms with E-state index in [0.717, 1.165) is 51.3 Å². The largest absolute Gasteiger partial charge is 0.378 e. The van der Waals surface area contributed by atoms with Crippen LogP contribution in [0, 0.1) is 11.6 Å². The number of benzene rings is 1. The van der Waals surface area contributed by atoms with E-state index in [2.05, 4.69) is 12.2 Å². The van der Waals surface area contributed by atoms with E-state index in [1.165, 1.54) is 12.1 Å². The summed E-state index contributed by atoms with van der Waals surface area (Å²) in [7, 11) is 0. The van der Waals surface area contributed by atoms with Gasteiger partial charge >= 0.3 is 0 Å². The van der Waals surface area contributed by atoms with Crippen molar-refractivity contribution >= 4 is 0 Å². The van der Waals surface area contributed by atoms with Crippen LogP contribution in [0.2, 0.25) is 0 Å². The molecule has 1 aromatic rings. The monoisotopic (exact) mass is 283 g/mol. The predicted molar refractivity (Wildman–Crippen MR) is 75.6 cm³/mol. The van der Waals surface area contributed by atoms with E-state index in [1.54, 1.807) is 0 Å². The zero-order valence-corrected chi connectivity index (χ0v) is 12.0. The standard InChI is InChI=1S/C16H23F2NO/c1-2-7-19-16(6-5-15-4-3-8-20-15)12-9-13(17)11-14(18)10-12/h9-11,15-16,19H,2-8H2,1H3. The van der Waals surface area contributed by atoms with Gasteiger partial charge in [-0.2, -0.15) is 0 Å². The minimum absolute atomic E-state index is 0.00986. The van der Waals surface area contributed by atoms with E-state index in [0.29, 0.717) is 11.7 Å². The Bertz CT molecular complexity index is 399. The first-order valence-electron chi connectivity index (χ1n) is 7.50. The quantitative estimate of drug-likeness (QED) is 0.817. The average molecular weight is 283 g/mol. The van der Waals surface area contributed by atoms with E-state index in [-0.39, 0.29) is 6.04 Å². The zero-order valence-electron chi connectivity index (χ0n) is 12.0. The molecular weight excluding hydrogens is 260 g/mol. The summed E-state index contributed by atoms with van der Waals surface area (Å²) in [4.78, 5) is 0. The van der Waals surface area contributed by atoms with Crippen molar-refractivity contribution in [2.24, 2.45) is 0 Å². The molecule has 0 radical (unpaired) electrons. The lowest BCUT2D eigenvalue weighted by molar-refractivity contribution is 0.0996. The molecule has 0 spiro atoms. The average Bonchev–Trinajstić information content (AvgIpc) is 2.91. The van der Waals surface area contributed by atoms with Crippen molar-refractivity contribution in [1.82, 2.24) is 5.32 Å². The van der Waals surface area contributed by atoms with Crippen LogP contribution < -0.4 is 5.32 Å². The van der Waals surface area contributed by atoms with Crippen LogP contribution in [0.15, 0.2) is 18.2 Å². The lowest BCUT2D eigenvalue weighted by atomic mass is 9.98. The Balaban J connectivity index is 2.00. The summed E-state index contributed by atoms with van der Waals surface area (Å²) in [5.41, 5.74) is 0.689. The Morgan fingerprint density at radius 3 is 2.65 bits per heavy atom. The fourth-order valence-electron chi connectivity index (χ4n) is 2.71. The van der Waals surface area contributed by atoms with Crippen LogP contribution in [-0.2, 0) is 4.74 Å². The molecule has 0 bridgehead atoms. The minimum atomic E-state index is -0.514. The molecule has 0 saturated carbocycles. The molecule has 0 aliphatic carbocycles. The molecule has 1 aromatic carbocycles. The van der Waals surface area contributed by atoms with Crippen molar-refractivity contribution in [1.29, 1.82) is 0 Å². The van der Waals surface area contributed by atoms with Gasteiger partial charge in [0.15, 0.2) is 0 Å². The molecule has 1 N–H and O–H groups in total. The molecule has 1 aliphatic rings. The number of ether oxygens (including phenoxy) is 1. The van der Waals surface area contributed by atoms with Crippen molar-refractivity contribution in [2.75, 3.05) is 13.2 Å². The second-order valence-electron chi connectivity index (χ2n) is 5.42. The van der Waals surface area contributed by atoms with Gasteiger partial charge in [0.1, 0.15) is 11.6 Å². The molecule has 1 aliphatic heterocycles. The van der Waals surface area contributed by atoms with Crippen LogP contribution in [0.5, 0.6) is 0 Å². The number of hydrogen-bond acceptors (Lipinski definition) is 2. The highest BCUT2D eigenvalue weighted by Crippen LogP contribution is 2.25. The maximum Gasteiger partial charge on any atom is 0.126 e. The molecule has 2 nitrogen and oxygen atoms in total. The molecule has 1 heterocycles. The molecule has 112 valence electrons. The molecule has 2 unspecified atom stereocenters. The van der Waals surface area contributed by atoms with E-state index < -0.39 is 11.6 Å². The number of halogens is 2. The molecular formula is C16H23F2NO. The number of hydrogen-bond donors (Lipinski definition) is 1. The molecule has 0 amide bonds. The van der Waals surface area contributed by atoms with E-state index in [9.17, 15) is 8.78 Å². The van der Waals surface area contributed by atoms with Gasteiger partial charge in [-0.3, -0.25) is 0 Å². The van der Waals surface area contributed by atoms with Crippen LogP contribution in [0.4, 0.5) is 8.78 Å². The molecule has 0 aromatic heterocycles. The van der Waals surface area contributed by atoms with Gasteiger partial charge in [0.25, 0.3) is 0 Å². The molecule has 2 rings (SSSR count). The van der Waals surface area contributed by atoms with Crippen molar-refractivity contribution in [3.8, 4) is 0 Å². The van der Waals surface area contributed by atoms with Gasteiger partial charge in [-0.15, -0.1) is 0 Å². The first kappa shape index (κ1) is 15.4. The lowest BCUT2D eigenvalue weighted by Gasteiger charge is -2.21. The fourth-order valence-corrected chi connectivity index (χ4v) is 2.71. The lowest BCUT2D eigenvalue weighted by Crippen LogP contribution is -2.23. The normalized spacial score (nSPS) is 20.2. The fraction of sp³-hybridized carbons (Fsp3) is 0.625. The van der Waals surface area contributed by atoms with E-state index >= 15 is 0 Å². The second-order valence-corrected chi connectivity index (χ2v) is 5.42. The molecule has 1 fully saturated rings. The highest BCUT2D eigenvalue weighted by atomic mass is 19.1. The third-order valence-corrected chi connectivity index (χ3v) is 3.73. The second kappa shape index (κ2) is 7.70. The first-order valence-corrected chi connectivity index (χ1v) is 7.50. The predicted octanol–water partition coefficient (Wildman–Crippen LogP) is 3.96. The van der Waals surface area contributed by atoms with Crippen molar-refractivity contribution in [3.63, 3.8) is 0 Å². The van der Waals surface area contributed by atoms with Crippen LogP contribution in [0.1, 0.15) is 50.6 Å². The summed E-state index contributed by atoms with van der Waals surface area (Å²) in [6.45, 7) is 3.76. The van der Waals surface area contributed by atoms with Crippen molar-refractivity contribution in [3.05, 3.63) is 35.4 Å². The van der Waals surface area contributed by atoms with Gasteiger partial charge < -0.3 is 10.1 Å². The summed E-state index contributed by atoms with van der Waals surface area (Å²) in [6, 6.07) is 3.75.